The Morgan fingerprint density at radius 2 is 2.08 bits per heavy atom. The summed E-state index contributed by atoms with van der Waals surface area (Å²) < 4.78 is 5.36. The highest BCUT2D eigenvalue weighted by Gasteiger charge is 2.15. The lowest BCUT2D eigenvalue weighted by Crippen LogP contribution is -2.14. The molecule has 1 aromatic heterocycles. The zero-order valence-corrected chi connectivity index (χ0v) is 13.4. The number of hydrogen-bond acceptors (Lipinski definition) is 5. The Hall–Kier alpha value is -3.48. The molecule has 0 atom stereocenters. The lowest BCUT2D eigenvalue weighted by molar-refractivity contribution is -0.383. The van der Waals surface area contributed by atoms with Crippen molar-refractivity contribution in [3.8, 4) is 5.88 Å². The van der Waals surface area contributed by atoms with Crippen LogP contribution in [0.4, 0.5) is 11.4 Å². The lowest BCUT2D eigenvalue weighted by atomic mass is 10.1. The van der Waals surface area contributed by atoms with E-state index in [1.54, 1.807) is 55.6 Å². The summed E-state index contributed by atoms with van der Waals surface area (Å²) >= 11 is 0. The van der Waals surface area contributed by atoms with Crippen LogP contribution in [0.15, 0.2) is 54.7 Å². The van der Waals surface area contributed by atoms with E-state index >= 15 is 0 Å². The first-order valence-corrected chi connectivity index (χ1v) is 7.66. The molecule has 0 bridgehead atoms. The molecular formula is C18H15N3O4. The van der Waals surface area contributed by atoms with Crippen LogP contribution in [0.2, 0.25) is 0 Å². The topological polar surface area (TPSA) is 94.4 Å². The molecule has 1 amide bonds. The maximum absolute atomic E-state index is 12.5. The number of amides is 1. The number of benzene rings is 2. The van der Waals surface area contributed by atoms with Gasteiger partial charge in [0.1, 0.15) is 5.56 Å². The number of carbonyl (C=O) groups is 1. The van der Waals surface area contributed by atoms with E-state index in [1.165, 1.54) is 6.07 Å². The van der Waals surface area contributed by atoms with Crippen LogP contribution in [0.5, 0.6) is 5.88 Å². The fourth-order valence-corrected chi connectivity index (χ4v) is 2.51. The molecule has 0 aliphatic heterocycles. The van der Waals surface area contributed by atoms with Gasteiger partial charge in [-0.05, 0) is 36.6 Å². The van der Waals surface area contributed by atoms with Crippen molar-refractivity contribution >= 4 is 28.1 Å². The second-order valence-electron chi connectivity index (χ2n) is 5.21. The summed E-state index contributed by atoms with van der Waals surface area (Å²) in [7, 11) is 0. The van der Waals surface area contributed by atoms with E-state index in [4.69, 9.17) is 4.74 Å². The van der Waals surface area contributed by atoms with E-state index in [1.807, 2.05) is 0 Å². The summed E-state index contributed by atoms with van der Waals surface area (Å²) in [6.45, 7) is 2.19. The molecule has 0 unspecified atom stereocenters. The van der Waals surface area contributed by atoms with Crippen molar-refractivity contribution in [1.82, 2.24) is 4.98 Å². The van der Waals surface area contributed by atoms with Gasteiger partial charge in [-0.1, -0.05) is 18.2 Å². The molecule has 3 rings (SSSR count). The molecular weight excluding hydrogens is 322 g/mol. The Kier molecular flexibility index (Phi) is 4.56. The third-order valence-corrected chi connectivity index (χ3v) is 3.61. The number of nitrogens with zero attached hydrogens (tertiary/aromatic N) is 2. The first-order chi connectivity index (χ1) is 12.1. The van der Waals surface area contributed by atoms with Gasteiger partial charge in [0, 0.05) is 18.0 Å². The number of nitro groups is 1. The molecule has 0 fully saturated rings. The number of ether oxygens (including phenoxy) is 1. The fraction of sp³-hybridized carbons (Fsp3) is 0.111. The van der Waals surface area contributed by atoms with Crippen LogP contribution in [0.25, 0.3) is 10.8 Å². The summed E-state index contributed by atoms with van der Waals surface area (Å²) in [4.78, 5) is 27.3. The molecule has 0 saturated carbocycles. The number of nitrogens with one attached hydrogen (secondary N) is 1. The minimum atomic E-state index is -0.442. The Balaban J connectivity index is 1.94. The van der Waals surface area contributed by atoms with Gasteiger partial charge in [0.25, 0.3) is 11.6 Å². The Labute approximate surface area is 143 Å². The van der Waals surface area contributed by atoms with E-state index in [-0.39, 0.29) is 11.6 Å². The minimum Gasteiger partial charge on any atom is -0.477 e. The first kappa shape index (κ1) is 16.4. The summed E-state index contributed by atoms with van der Waals surface area (Å²) in [6, 6.07) is 13.1. The van der Waals surface area contributed by atoms with Crippen molar-refractivity contribution in [3.05, 3.63) is 70.4 Å². The minimum absolute atomic E-state index is 0.00928. The number of anilines is 1. The van der Waals surface area contributed by atoms with E-state index < -0.39 is 10.8 Å². The van der Waals surface area contributed by atoms with Crippen LogP contribution >= 0.6 is 0 Å². The number of aromatic nitrogens is 1. The van der Waals surface area contributed by atoms with Crippen molar-refractivity contribution in [2.24, 2.45) is 0 Å². The molecule has 7 heteroatoms. The summed E-state index contributed by atoms with van der Waals surface area (Å²) in [6.07, 6.45) is 1.54. The maximum atomic E-state index is 12.5. The van der Waals surface area contributed by atoms with Crippen molar-refractivity contribution in [2.45, 2.75) is 6.92 Å². The third kappa shape index (κ3) is 3.40. The summed E-state index contributed by atoms with van der Waals surface area (Å²) in [5, 5.41) is 15.1. The highest BCUT2D eigenvalue weighted by atomic mass is 16.6. The van der Waals surface area contributed by atoms with E-state index in [0.29, 0.717) is 23.2 Å². The van der Waals surface area contributed by atoms with Crippen LogP contribution in [0.3, 0.4) is 0 Å². The van der Waals surface area contributed by atoms with Gasteiger partial charge in [-0.2, -0.15) is 0 Å². The van der Waals surface area contributed by atoms with Gasteiger partial charge in [-0.3, -0.25) is 14.9 Å². The van der Waals surface area contributed by atoms with Crippen molar-refractivity contribution in [1.29, 1.82) is 0 Å². The highest BCUT2D eigenvalue weighted by Crippen LogP contribution is 2.28. The quantitative estimate of drug-likeness (QED) is 0.564. The Morgan fingerprint density at radius 3 is 2.84 bits per heavy atom. The fourth-order valence-electron chi connectivity index (χ4n) is 2.51. The molecule has 1 heterocycles. The third-order valence-electron chi connectivity index (χ3n) is 3.61. The van der Waals surface area contributed by atoms with Crippen molar-refractivity contribution in [2.75, 3.05) is 11.9 Å². The maximum Gasteiger partial charge on any atom is 0.277 e. The molecule has 3 aromatic rings. The van der Waals surface area contributed by atoms with E-state index in [0.717, 1.165) is 5.39 Å². The molecule has 0 aliphatic carbocycles. The molecule has 0 radical (unpaired) electrons. The number of rotatable bonds is 5. The molecule has 25 heavy (non-hydrogen) atoms. The van der Waals surface area contributed by atoms with Gasteiger partial charge in [0.2, 0.25) is 5.88 Å². The van der Waals surface area contributed by atoms with Crippen molar-refractivity contribution in [3.63, 3.8) is 0 Å². The standard InChI is InChI=1S/C18H15N3O4/c1-2-25-18-14(6-4-10-19-18)17(22)20-13-9-8-12-5-3-7-16(21(23)24)15(12)11-13/h3-11H,2H2,1H3,(H,20,22). The normalized spacial score (nSPS) is 10.4. The van der Waals surface area contributed by atoms with Gasteiger partial charge in [0.05, 0.1) is 16.9 Å². The van der Waals surface area contributed by atoms with Crippen LogP contribution in [0.1, 0.15) is 17.3 Å². The largest absolute Gasteiger partial charge is 0.477 e. The van der Waals surface area contributed by atoms with Crippen LogP contribution in [-0.4, -0.2) is 22.4 Å². The monoisotopic (exact) mass is 337 g/mol. The smallest absolute Gasteiger partial charge is 0.277 e. The molecule has 2 aromatic carbocycles. The molecule has 7 nitrogen and oxygen atoms in total. The van der Waals surface area contributed by atoms with Gasteiger partial charge in [-0.15, -0.1) is 0 Å². The highest BCUT2D eigenvalue weighted by molar-refractivity contribution is 6.07. The number of non-ortho nitro benzene ring substituents is 1. The van der Waals surface area contributed by atoms with Gasteiger partial charge in [0.15, 0.2) is 0 Å². The zero-order chi connectivity index (χ0) is 17.8. The number of hydrogen-bond donors (Lipinski definition) is 1. The number of carbonyl (C=O) groups excluding carboxylic acids is 1. The first-order valence-electron chi connectivity index (χ1n) is 7.66. The van der Waals surface area contributed by atoms with Crippen LogP contribution in [0, 0.1) is 10.1 Å². The molecule has 1 N–H and O–H groups in total. The zero-order valence-electron chi connectivity index (χ0n) is 13.4. The van der Waals surface area contributed by atoms with Gasteiger partial charge < -0.3 is 10.1 Å². The summed E-state index contributed by atoms with van der Waals surface area (Å²) in [5.74, 6) is -0.149. The summed E-state index contributed by atoms with van der Waals surface area (Å²) in [5.41, 5.74) is 0.745. The number of fused-ring (bicyclic) bond motifs is 1. The van der Waals surface area contributed by atoms with E-state index in [9.17, 15) is 14.9 Å². The van der Waals surface area contributed by atoms with Gasteiger partial charge in [-0.25, -0.2) is 4.98 Å². The molecule has 126 valence electrons. The van der Waals surface area contributed by atoms with Crippen molar-refractivity contribution < 1.29 is 14.5 Å². The second-order valence-corrected chi connectivity index (χ2v) is 5.21. The SMILES string of the molecule is CCOc1ncccc1C(=O)Nc1ccc2cccc([N+](=O)[O-])c2c1. The molecule has 0 aliphatic rings. The number of nitro benzene ring substituents is 1. The lowest BCUT2D eigenvalue weighted by Gasteiger charge is -2.10. The van der Waals surface area contributed by atoms with Crippen LogP contribution < -0.4 is 10.1 Å². The average Bonchev–Trinajstić information content (AvgIpc) is 2.61. The Bertz CT molecular complexity index is 956. The predicted molar refractivity (Wildman–Crippen MR) is 94.0 cm³/mol. The van der Waals surface area contributed by atoms with Crippen LogP contribution in [-0.2, 0) is 0 Å². The number of pyridine rings is 1. The predicted octanol–water partition coefficient (Wildman–Crippen LogP) is 3.79. The van der Waals surface area contributed by atoms with Gasteiger partial charge >= 0.3 is 0 Å². The average molecular weight is 337 g/mol. The molecule has 0 saturated heterocycles. The second kappa shape index (κ2) is 6.96. The molecule has 0 spiro atoms. The van der Waals surface area contributed by atoms with E-state index in [2.05, 4.69) is 10.3 Å². The Morgan fingerprint density at radius 1 is 1.24 bits per heavy atom.